The number of aryl methyl sites for hydroxylation is 2. The Balaban J connectivity index is 0.000000217. The van der Waals surface area contributed by atoms with Crippen molar-refractivity contribution in [2.24, 2.45) is 10.3 Å². The number of hydrogen-bond donors (Lipinski definition) is 5. The molecule has 16 nitrogen and oxygen atoms in total. The number of anilines is 4. The van der Waals surface area contributed by atoms with E-state index in [-0.39, 0.29) is 46.7 Å². The highest BCUT2D eigenvalue weighted by Crippen LogP contribution is 2.25. The molecule has 0 spiro atoms. The average Bonchev–Trinajstić information content (AvgIpc) is 3.21. The maximum atomic E-state index is 12.2. The quantitative estimate of drug-likeness (QED) is 0.0482. The number of phenols is 1. The summed E-state index contributed by atoms with van der Waals surface area (Å²) >= 11 is 5.69. The Labute approximate surface area is 345 Å². The number of ether oxygens (including phenoxy) is 1. The molecule has 2 heterocycles. The SMILES string of the molecule is CO/N=C/c1c(N)ncnc1Cl.CO/N=C/c1c(N)ncnc1Oc1ccc(CC(=O)Nc2ccc(C)cc2)cc1.Cc1ccc(NC(=O)Cc2ccc(O)cc2)cc1. The zero-order valence-corrected chi connectivity index (χ0v) is 33.4. The zero-order valence-electron chi connectivity index (χ0n) is 32.7. The van der Waals surface area contributed by atoms with Gasteiger partial charge in [-0.05, 0) is 73.5 Å². The van der Waals surface area contributed by atoms with E-state index in [9.17, 15) is 9.59 Å². The molecule has 0 radical (unpaired) electrons. The molecule has 17 heteroatoms. The second-order valence-electron chi connectivity index (χ2n) is 12.4. The van der Waals surface area contributed by atoms with Gasteiger partial charge in [0.15, 0.2) is 0 Å². The van der Waals surface area contributed by atoms with E-state index in [0.29, 0.717) is 23.3 Å². The number of carbonyl (C=O) groups is 2. The third-order valence-corrected chi connectivity index (χ3v) is 8.09. The van der Waals surface area contributed by atoms with Crippen LogP contribution in [0.1, 0.15) is 33.4 Å². The molecular weight excluding hydrogens is 776 g/mol. The van der Waals surface area contributed by atoms with Crippen LogP contribution in [-0.4, -0.2) is 63.5 Å². The van der Waals surface area contributed by atoms with Crippen LogP contribution in [0.25, 0.3) is 0 Å². The van der Waals surface area contributed by atoms with Crippen LogP contribution in [0.4, 0.5) is 23.0 Å². The summed E-state index contributed by atoms with van der Waals surface area (Å²) in [6.45, 7) is 4.00. The Kier molecular flexibility index (Phi) is 17.1. The Morgan fingerprint density at radius 1 is 0.661 bits per heavy atom. The van der Waals surface area contributed by atoms with E-state index >= 15 is 0 Å². The first-order chi connectivity index (χ1) is 28.4. The van der Waals surface area contributed by atoms with E-state index in [2.05, 4.69) is 50.6 Å². The van der Waals surface area contributed by atoms with Crippen LogP contribution in [0.2, 0.25) is 5.15 Å². The van der Waals surface area contributed by atoms with Crippen LogP contribution in [0, 0.1) is 13.8 Å². The van der Waals surface area contributed by atoms with Gasteiger partial charge in [-0.3, -0.25) is 9.59 Å². The number of hydrogen-bond acceptors (Lipinski definition) is 14. The maximum Gasteiger partial charge on any atom is 0.233 e. The number of phenolic OH excluding ortho intramolecular Hbond substituents is 1. The van der Waals surface area contributed by atoms with Crippen LogP contribution in [0.5, 0.6) is 17.4 Å². The van der Waals surface area contributed by atoms with Gasteiger partial charge < -0.3 is 41.6 Å². The number of halogens is 1. The van der Waals surface area contributed by atoms with Gasteiger partial charge in [0.25, 0.3) is 0 Å². The molecule has 0 aliphatic rings. The van der Waals surface area contributed by atoms with Gasteiger partial charge in [0.05, 0.1) is 30.8 Å². The molecule has 2 aromatic heterocycles. The number of oxime groups is 2. The van der Waals surface area contributed by atoms with Crippen LogP contribution >= 0.6 is 11.6 Å². The molecule has 0 unspecified atom stereocenters. The number of benzene rings is 4. The lowest BCUT2D eigenvalue weighted by atomic mass is 10.1. The first-order valence-corrected chi connectivity index (χ1v) is 18.1. The Bertz CT molecular complexity index is 2260. The molecule has 304 valence electrons. The number of aromatic nitrogens is 4. The standard InChI is InChI=1S/C21H21N5O3.C15H15NO2.C6H7ClN4O/c1-14-3-7-16(8-4-14)26-19(27)11-15-5-9-17(10-6-15)29-21-18(12-25-28-2)20(22)23-13-24-21;1-11-2-6-13(7-3-11)16-15(18)10-12-4-8-14(17)9-5-12;1-12-11-2-4-5(7)9-3-10-6(4)8/h3-10,12-13H,11H2,1-2H3,(H,26,27)(H2,22,23,24);2-9,17H,10H2,1H3,(H,16,18);2-3H,1H3,(H2,8,9,10)/b25-12+;;11-2+. The van der Waals surface area contributed by atoms with Gasteiger partial charge in [-0.15, -0.1) is 0 Å². The molecule has 0 aliphatic carbocycles. The Morgan fingerprint density at radius 2 is 1.10 bits per heavy atom. The number of rotatable bonds is 12. The molecule has 2 amide bonds. The summed E-state index contributed by atoms with van der Waals surface area (Å²) in [5.74, 6) is 1.34. The minimum Gasteiger partial charge on any atom is -0.508 e. The first kappa shape index (κ1) is 44.1. The van der Waals surface area contributed by atoms with Crippen LogP contribution in [-0.2, 0) is 32.1 Å². The van der Waals surface area contributed by atoms with E-state index in [1.807, 2.05) is 74.5 Å². The highest BCUT2D eigenvalue weighted by atomic mass is 35.5. The highest BCUT2D eigenvalue weighted by Gasteiger charge is 2.11. The molecule has 6 rings (SSSR count). The fourth-order valence-electron chi connectivity index (χ4n) is 4.77. The maximum absolute atomic E-state index is 12.2. The number of nitrogen functional groups attached to an aromatic ring is 2. The van der Waals surface area contributed by atoms with E-state index in [1.54, 1.807) is 36.4 Å². The van der Waals surface area contributed by atoms with Crippen molar-refractivity contribution in [2.45, 2.75) is 26.7 Å². The van der Waals surface area contributed by atoms with Crippen molar-refractivity contribution in [3.8, 4) is 17.4 Å². The topological polar surface area (TPSA) is 234 Å². The van der Waals surface area contributed by atoms with Gasteiger partial charge in [0, 0.05) is 11.4 Å². The van der Waals surface area contributed by atoms with Gasteiger partial charge in [-0.2, -0.15) is 0 Å². The van der Waals surface area contributed by atoms with Crippen molar-refractivity contribution in [2.75, 3.05) is 36.3 Å². The molecule has 0 saturated carbocycles. The predicted molar refractivity (Wildman–Crippen MR) is 229 cm³/mol. The molecule has 0 aliphatic heterocycles. The van der Waals surface area contributed by atoms with Crippen molar-refractivity contribution >= 4 is 58.9 Å². The molecule has 6 aromatic rings. The molecular formula is C42H43ClN10O6. The van der Waals surface area contributed by atoms with Crippen LogP contribution < -0.4 is 26.8 Å². The van der Waals surface area contributed by atoms with Gasteiger partial charge in [0.1, 0.15) is 60.7 Å². The van der Waals surface area contributed by atoms with Crippen molar-refractivity contribution in [1.29, 1.82) is 0 Å². The number of nitrogens with two attached hydrogens (primary N) is 2. The lowest BCUT2D eigenvalue weighted by molar-refractivity contribution is -0.116. The predicted octanol–water partition coefficient (Wildman–Crippen LogP) is 6.90. The summed E-state index contributed by atoms with van der Waals surface area (Å²) in [6.07, 6.45) is 5.88. The number of nitrogens with one attached hydrogen (secondary N) is 2. The fourth-order valence-corrected chi connectivity index (χ4v) is 4.96. The molecule has 0 bridgehead atoms. The smallest absolute Gasteiger partial charge is 0.233 e. The zero-order chi connectivity index (χ0) is 42.6. The monoisotopic (exact) mass is 818 g/mol. The Morgan fingerprint density at radius 3 is 1.58 bits per heavy atom. The normalized spacial score (nSPS) is 10.5. The summed E-state index contributed by atoms with van der Waals surface area (Å²) in [5.41, 5.74) is 17.8. The van der Waals surface area contributed by atoms with Crippen molar-refractivity contribution < 1.29 is 29.1 Å². The largest absolute Gasteiger partial charge is 0.508 e. The Hall–Kier alpha value is -7.59. The minimum atomic E-state index is -0.0934. The third-order valence-electron chi connectivity index (χ3n) is 7.79. The van der Waals surface area contributed by atoms with Gasteiger partial charge in [0.2, 0.25) is 17.7 Å². The van der Waals surface area contributed by atoms with Crippen molar-refractivity contribution in [3.05, 3.63) is 148 Å². The summed E-state index contributed by atoms with van der Waals surface area (Å²) in [4.78, 5) is 48.6. The summed E-state index contributed by atoms with van der Waals surface area (Å²) < 4.78 is 5.78. The number of amides is 2. The van der Waals surface area contributed by atoms with Crippen LogP contribution in [0.3, 0.4) is 0 Å². The van der Waals surface area contributed by atoms with Gasteiger partial charge in [-0.25, -0.2) is 19.9 Å². The van der Waals surface area contributed by atoms with Crippen LogP contribution in [0.15, 0.2) is 120 Å². The first-order valence-electron chi connectivity index (χ1n) is 17.7. The van der Waals surface area contributed by atoms with E-state index < -0.39 is 0 Å². The lowest BCUT2D eigenvalue weighted by Crippen LogP contribution is -2.14. The number of aromatic hydroxyl groups is 1. The minimum absolute atomic E-state index is 0.0652. The average molecular weight is 819 g/mol. The van der Waals surface area contributed by atoms with E-state index in [0.717, 1.165) is 33.6 Å². The van der Waals surface area contributed by atoms with E-state index in [1.165, 1.54) is 39.3 Å². The fraction of sp³-hybridized carbons (Fsp3) is 0.143. The third kappa shape index (κ3) is 15.1. The molecule has 0 atom stereocenters. The van der Waals surface area contributed by atoms with E-state index in [4.69, 9.17) is 32.9 Å². The second-order valence-corrected chi connectivity index (χ2v) is 12.7. The molecule has 0 saturated heterocycles. The van der Waals surface area contributed by atoms with Gasteiger partial charge >= 0.3 is 0 Å². The number of carbonyl (C=O) groups excluding carboxylic acids is 2. The summed E-state index contributed by atoms with van der Waals surface area (Å²) in [5, 5.41) is 22.3. The van der Waals surface area contributed by atoms with Gasteiger partial charge in [-0.1, -0.05) is 81.6 Å². The second kappa shape index (κ2) is 22.8. The molecule has 4 aromatic carbocycles. The van der Waals surface area contributed by atoms with Crippen molar-refractivity contribution in [1.82, 2.24) is 19.9 Å². The lowest BCUT2D eigenvalue weighted by Gasteiger charge is -2.09. The summed E-state index contributed by atoms with van der Waals surface area (Å²) in [7, 11) is 2.84. The number of nitrogens with zero attached hydrogens (tertiary/aromatic N) is 6. The highest BCUT2D eigenvalue weighted by molar-refractivity contribution is 6.32. The molecule has 7 N–H and O–H groups in total. The molecule has 59 heavy (non-hydrogen) atoms. The molecule has 0 fully saturated rings. The van der Waals surface area contributed by atoms with Crippen molar-refractivity contribution in [3.63, 3.8) is 0 Å². The summed E-state index contributed by atoms with van der Waals surface area (Å²) in [6, 6.07) is 29.1.